The fourth-order valence-electron chi connectivity index (χ4n) is 2.51. The molecule has 0 bridgehead atoms. The van der Waals surface area contributed by atoms with E-state index in [-0.39, 0.29) is 25.0 Å². The molecule has 1 aliphatic rings. The Morgan fingerprint density at radius 2 is 1.42 bits per heavy atom. The monoisotopic (exact) mass is 271 g/mol. The molecular formula is C14H25NO4. The fraction of sp³-hybridized carbons (Fsp3) is 0.857. The summed E-state index contributed by atoms with van der Waals surface area (Å²) in [5, 5.41) is 0. The predicted octanol–water partition coefficient (Wildman–Crippen LogP) is 1.75. The van der Waals surface area contributed by atoms with Gasteiger partial charge in [-0.05, 0) is 26.7 Å². The van der Waals surface area contributed by atoms with Crippen molar-refractivity contribution in [3.8, 4) is 0 Å². The van der Waals surface area contributed by atoms with Gasteiger partial charge >= 0.3 is 11.9 Å². The van der Waals surface area contributed by atoms with Crippen molar-refractivity contribution in [2.24, 2.45) is 0 Å². The molecule has 5 heteroatoms. The quantitative estimate of drug-likeness (QED) is 0.660. The first kappa shape index (κ1) is 16.0. The van der Waals surface area contributed by atoms with E-state index in [0.717, 1.165) is 25.7 Å². The molecule has 1 fully saturated rings. The summed E-state index contributed by atoms with van der Waals surface area (Å²) >= 11 is 0. The summed E-state index contributed by atoms with van der Waals surface area (Å²) in [7, 11) is 0. The summed E-state index contributed by atoms with van der Waals surface area (Å²) in [6.45, 7) is 4.67. The molecule has 0 saturated heterocycles. The van der Waals surface area contributed by atoms with Crippen LogP contribution in [0, 0.1) is 0 Å². The molecule has 0 aromatic heterocycles. The van der Waals surface area contributed by atoms with Crippen LogP contribution in [0.25, 0.3) is 0 Å². The number of rotatable bonds is 7. The topological polar surface area (TPSA) is 55.8 Å². The van der Waals surface area contributed by atoms with Crippen molar-refractivity contribution in [2.45, 2.75) is 52.0 Å². The minimum Gasteiger partial charge on any atom is -0.465 e. The molecule has 1 saturated carbocycles. The van der Waals surface area contributed by atoms with E-state index in [1.807, 2.05) is 4.90 Å². The molecule has 0 unspecified atom stereocenters. The molecule has 19 heavy (non-hydrogen) atoms. The molecule has 0 aromatic carbocycles. The van der Waals surface area contributed by atoms with Gasteiger partial charge in [0.2, 0.25) is 0 Å². The van der Waals surface area contributed by atoms with Gasteiger partial charge in [0.1, 0.15) is 0 Å². The Kier molecular flexibility index (Phi) is 7.48. The van der Waals surface area contributed by atoms with E-state index < -0.39 is 0 Å². The summed E-state index contributed by atoms with van der Waals surface area (Å²) in [4.78, 5) is 25.2. The highest BCUT2D eigenvalue weighted by molar-refractivity contribution is 5.75. The van der Waals surface area contributed by atoms with Crippen LogP contribution in [0.2, 0.25) is 0 Å². The second kappa shape index (κ2) is 8.91. The first-order valence-electron chi connectivity index (χ1n) is 7.22. The lowest BCUT2D eigenvalue weighted by atomic mass is 9.94. The predicted molar refractivity (Wildman–Crippen MR) is 71.7 cm³/mol. The Labute approximate surface area is 115 Å². The lowest BCUT2D eigenvalue weighted by molar-refractivity contribution is -0.149. The smallest absolute Gasteiger partial charge is 0.320 e. The largest absolute Gasteiger partial charge is 0.465 e. The first-order chi connectivity index (χ1) is 9.17. The molecule has 0 aliphatic heterocycles. The van der Waals surface area contributed by atoms with Crippen LogP contribution >= 0.6 is 0 Å². The van der Waals surface area contributed by atoms with Crippen LogP contribution in [0.15, 0.2) is 0 Å². The van der Waals surface area contributed by atoms with Crippen molar-refractivity contribution in [1.29, 1.82) is 0 Å². The van der Waals surface area contributed by atoms with E-state index in [0.29, 0.717) is 19.3 Å². The zero-order valence-corrected chi connectivity index (χ0v) is 12.0. The molecule has 110 valence electrons. The zero-order chi connectivity index (χ0) is 14.1. The highest BCUT2D eigenvalue weighted by Crippen LogP contribution is 2.22. The molecule has 5 nitrogen and oxygen atoms in total. The summed E-state index contributed by atoms with van der Waals surface area (Å²) in [5.41, 5.74) is 0. The van der Waals surface area contributed by atoms with Crippen LogP contribution in [-0.4, -0.2) is 49.2 Å². The Hall–Kier alpha value is -1.10. The Bertz CT molecular complexity index is 267. The van der Waals surface area contributed by atoms with Crippen molar-refractivity contribution < 1.29 is 19.1 Å². The molecule has 0 atom stereocenters. The van der Waals surface area contributed by atoms with Crippen molar-refractivity contribution in [3.05, 3.63) is 0 Å². The SMILES string of the molecule is CCOC(=O)CN(CC(=O)OCC)C1CCCCC1. The summed E-state index contributed by atoms with van der Waals surface area (Å²) < 4.78 is 9.94. The second-order valence-electron chi connectivity index (χ2n) is 4.81. The van der Waals surface area contributed by atoms with Gasteiger partial charge in [-0.3, -0.25) is 14.5 Å². The van der Waals surface area contributed by atoms with Crippen LogP contribution in [0.3, 0.4) is 0 Å². The number of carbonyl (C=O) groups excluding carboxylic acids is 2. The Morgan fingerprint density at radius 1 is 0.947 bits per heavy atom. The Morgan fingerprint density at radius 3 is 1.84 bits per heavy atom. The van der Waals surface area contributed by atoms with Crippen molar-refractivity contribution >= 4 is 11.9 Å². The van der Waals surface area contributed by atoms with Crippen LogP contribution in [-0.2, 0) is 19.1 Å². The van der Waals surface area contributed by atoms with Crippen LogP contribution in [0.1, 0.15) is 46.0 Å². The lowest BCUT2D eigenvalue weighted by Crippen LogP contribution is -2.44. The van der Waals surface area contributed by atoms with Crippen molar-refractivity contribution in [2.75, 3.05) is 26.3 Å². The third-order valence-corrected chi connectivity index (χ3v) is 3.37. The van der Waals surface area contributed by atoms with Gasteiger partial charge in [-0.2, -0.15) is 0 Å². The maximum Gasteiger partial charge on any atom is 0.320 e. The fourth-order valence-corrected chi connectivity index (χ4v) is 2.51. The number of nitrogens with zero attached hydrogens (tertiary/aromatic N) is 1. The second-order valence-corrected chi connectivity index (χ2v) is 4.81. The molecular weight excluding hydrogens is 246 g/mol. The zero-order valence-electron chi connectivity index (χ0n) is 12.0. The maximum absolute atomic E-state index is 11.6. The van der Waals surface area contributed by atoms with Gasteiger partial charge in [0.25, 0.3) is 0 Å². The van der Waals surface area contributed by atoms with E-state index in [4.69, 9.17) is 9.47 Å². The third-order valence-electron chi connectivity index (χ3n) is 3.37. The molecule has 1 aliphatic carbocycles. The summed E-state index contributed by atoms with van der Waals surface area (Å²) in [6.07, 6.45) is 5.64. The molecule has 0 aromatic rings. The number of carbonyl (C=O) groups is 2. The van der Waals surface area contributed by atoms with E-state index >= 15 is 0 Å². The number of hydrogen-bond donors (Lipinski definition) is 0. The van der Waals surface area contributed by atoms with Gasteiger partial charge in [-0.1, -0.05) is 19.3 Å². The van der Waals surface area contributed by atoms with Gasteiger partial charge in [0.05, 0.1) is 26.3 Å². The molecule has 0 N–H and O–H groups in total. The van der Waals surface area contributed by atoms with Crippen LogP contribution < -0.4 is 0 Å². The standard InChI is InChI=1S/C14H25NO4/c1-3-18-13(16)10-15(11-14(17)19-4-2)12-8-6-5-7-9-12/h12H,3-11H2,1-2H3. The van der Waals surface area contributed by atoms with Crippen LogP contribution in [0.4, 0.5) is 0 Å². The minimum atomic E-state index is -0.266. The first-order valence-corrected chi connectivity index (χ1v) is 7.22. The van der Waals surface area contributed by atoms with Gasteiger partial charge < -0.3 is 9.47 Å². The average molecular weight is 271 g/mol. The van der Waals surface area contributed by atoms with Gasteiger partial charge in [0.15, 0.2) is 0 Å². The highest BCUT2D eigenvalue weighted by atomic mass is 16.5. The van der Waals surface area contributed by atoms with Crippen molar-refractivity contribution in [3.63, 3.8) is 0 Å². The van der Waals surface area contributed by atoms with E-state index in [9.17, 15) is 9.59 Å². The van der Waals surface area contributed by atoms with Crippen molar-refractivity contribution in [1.82, 2.24) is 4.90 Å². The van der Waals surface area contributed by atoms with Crippen LogP contribution in [0.5, 0.6) is 0 Å². The summed E-state index contributed by atoms with van der Waals surface area (Å²) in [6, 6.07) is 0.294. The minimum absolute atomic E-state index is 0.178. The molecule has 1 rings (SSSR count). The molecule has 0 heterocycles. The van der Waals surface area contributed by atoms with Gasteiger partial charge in [-0.15, -0.1) is 0 Å². The molecule has 0 spiro atoms. The molecule has 0 radical (unpaired) electrons. The summed E-state index contributed by atoms with van der Waals surface area (Å²) in [5.74, 6) is -0.533. The third kappa shape index (κ3) is 6.05. The van der Waals surface area contributed by atoms with E-state index in [1.54, 1.807) is 13.8 Å². The average Bonchev–Trinajstić information content (AvgIpc) is 2.39. The highest BCUT2D eigenvalue weighted by Gasteiger charge is 2.25. The van der Waals surface area contributed by atoms with E-state index in [1.165, 1.54) is 6.42 Å². The normalized spacial score (nSPS) is 16.4. The van der Waals surface area contributed by atoms with Gasteiger partial charge in [-0.25, -0.2) is 0 Å². The maximum atomic E-state index is 11.6. The number of esters is 2. The number of ether oxygens (including phenoxy) is 2. The number of hydrogen-bond acceptors (Lipinski definition) is 5. The van der Waals surface area contributed by atoms with Gasteiger partial charge in [0, 0.05) is 6.04 Å². The molecule has 0 amide bonds. The lowest BCUT2D eigenvalue weighted by Gasteiger charge is -2.32. The Balaban J connectivity index is 2.55. The van der Waals surface area contributed by atoms with E-state index in [2.05, 4.69) is 0 Å².